The van der Waals surface area contributed by atoms with Crippen molar-refractivity contribution in [2.75, 3.05) is 13.2 Å². The topological polar surface area (TPSA) is 79.7 Å². The summed E-state index contributed by atoms with van der Waals surface area (Å²) in [5.41, 5.74) is 1.52. The van der Waals surface area contributed by atoms with E-state index in [0.29, 0.717) is 60.8 Å². The van der Waals surface area contributed by atoms with Crippen LogP contribution in [0.1, 0.15) is 31.7 Å². The molecule has 1 aromatic heterocycles. The molecule has 3 aromatic carbocycles. The number of para-hydroxylation sites is 2. The lowest BCUT2D eigenvalue weighted by Crippen LogP contribution is -2.27. The van der Waals surface area contributed by atoms with Gasteiger partial charge in [0.05, 0.1) is 24.1 Å². The Morgan fingerprint density at radius 2 is 1.72 bits per heavy atom. The van der Waals surface area contributed by atoms with Crippen molar-refractivity contribution in [3.63, 3.8) is 0 Å². The molecule has 0 bridgehead atoms. The Morgan fingerprint density at radius 1 is 0.944 bits per heavy atom. The average molecular weight is 487 g/mol. The molecule has 1 heterocycles. The summed E-state index contributed by atoms with van der Waals surface area (Å²) in [6.45, 7) is 4.80. The summed E-state index contributed by atoms with van der Waals surface area (Å²) in [4.78, 5) is 29.6. The van der Waals surface area contributed by atoms with E-state index in [-0.39, 0.29) is 17.9 Å². The maximum absolute atomic E-state index is 13.0. The van der Waals surface area contributed by atoms with Crippen LogP contribution in [0.3, 0.4) is 0 Å². The molecular formula is C29H30N2O5. The largest absolute Gasteiger partial charge is 0.492 e. The summed E-state index contributed by atoms with van der Waals surface area (Å²) in [6, 6.07) is 22.4. The molecule has 0 unspecified atom stereocenters. The van der Waals surface area contributed by atoms with Gasteiger partial charge in [0.15, 0.2) is 0 Å². The summed E-state index contributed by atoms with van der Waals surface area (Å²) in [6.07, 6.45) is 1.39. The van der Waals surface area contributed by atoms with E-state index >= 15 is 0 Å². The van der Waals surface area contributed by atoms with E-state index in [1.54, 1.807) is 17.6 Å². The van der Waals surface area contributed by atoms with E-state index in [9.17, 15) is 9.59 Å². The highest BCUT2D eigenvalue weighted by atomic mass is 16.5. The second-order valence-electron chi connectivity index (χ2n) is 8.19. The summed E-state index contributed by atoms with van der Waals surface area (Å²) >= 11 is 0. The Hall–Kier alpha value is -4.13. The predicted molar refractivity (Wildman–Crippen MR) is 139 cm³/mol. The van der Waals surface area contributed by atoms with Gasteiger partial charge in [-0.15, -0.1) is 0 Å². The van der Waals surface area contributed by atoms with E-state index in [4.69, 9.17) is 14.2 Å². The summed E-state index contributed by atoms with van der Waals surface area (Å²) in [7, 11) is 0. The van der Waals surface area contributed by atoms with Crippen LogP contribution in [-0.4, -0.2) is 28.7 Å². The summed E-state index contributed by atoms with van der Waals surface area (Å²) in [5, 5.41) is 0.596. The zero-order chi connectivity index (χ0) is 25.3. The zero-order valence-corrected chi connectivity index (χ0v) is 20.6. The van der Waals surface area contributed by atoms with Gasteiger partial charge in [-0.05, 0) is 49.2 Å². The number of nitrogens with zero attached hydrogens (tertiary/aromatic N) is 2. The van der Waals surface area contributed by atoms with Crippen molar-refractivity contribution in [2.45, 2.75) is 39.7 Å². The Bertz CT molecular complexity index is 1380. The van der Waals surface area contributed by atoms with Crippen LogP contribution in [0, 0.1) is 0 Å². The maximum atomic E-state index is 13.0. The molecule has 0 spiro atoms. The van der Waals surface area contributed by atoms with Crippen molar-refractivity contribution in [2.24, 2.45) is 0 Å². The molecule has 0 aliphatic heterocycles. The number of carbonyl (C=O) groups is 1. The molecule has 0 N–H and O–H groups in total. The third-order valence-electron chi connectivity index (χ3n) is 5.75. The molecule has 4 rings (SSSR count). The normalized spacial score (nSPS) is 10.8. The first kappa shape index (κ1) is 25.0. The van der Waals surface area contributed by atoms with Gasteiger partial charge in [0.2, 0.25) is 0 Å². The van der Waals surface area contributed by atoms with Crippen LogP contribution in [0.5, 0.6) is 17.2 Å². The minimum Gasteiger partial charge on any atom is -0.492 e. The molecule has 0 radical (unpaired) electrons. The number of ether oxygens (including phenoxy) is 3. The number of aryl methyl sites for hydroxylation is 2. The van der Waals surface area contributed by atoms with Crippen LogP contribution in [0.2, 0.25) is 0 Å². The van der Waals surface area contributed by atoms with Gasteiger partial charge in [-0.1, -0.05) is 43.3 Å². The van der Waals surface area contributed by atoms with E-state index in [1.165, 1.54) is 0 Å². The number of esters is 1. The number of benzene rings is 3. The molecule has 36 heavy (non-hydrogen) atoms. The molecule has 0 aliphatic carbocycles. The summed E-state index contributed by atoms with van der Waals surface area (Å²) < 4.78 is 18.9. The Balaban J connectivity index is 1.51. The predicted octanol–water partition coefficient (Wildman–Crippen LogP) is 5.33. The van der Waals surface area contributed by atoms with Crippen LogP contribution in [0.15, 0.2) is 77.6 Å². The SMILES string of the molecule is CCOC(=O)CCc1ccc(OCCn2c(CC)nc3ccccc3c2=O)cc1Oc1ccccc1. The molecule has 7 nitrogen and oxygen atoms in total. The second-order valence-corrected chi connectivity index (χ2v) is 8.19. The smallest absolute Gasteiger partial charge is 0.306 e. The van der Waals surface area contributed by atoms with Crippen LogP contribution < -0.4 is 15.0 Å². The molecule has 4 aromatic rings. The highest BCUT2D eigenvalue weighted by molar-refractivity contribution is 5.77. The van der Waals surface area contributed by atoms with E-state index in [0.717, 1.165) is 11.4 Å². The lowest BCUT2D eigenvalue weighted by Gasteiger charge is -2.15. The first-order valence-corrected chi connectivity index (χ1v) is 12.2. The van der Waals surface area contributed by atoms with Gasteiger partial charge in [-0.2, -0.15) is 0 Å². The van der Waals surface area contributed by atoms with Crippen molar-refractivity contribution in [3.8, 4) is 17.2 Å². The highest BCUT2D eigenvalue weighted by Gasteiger charge is 2.12. The minimum absolute atomic E-state index is 0.0662. The molecule has 186 valence electrons. The van der Waals surface area contributed by atoms with Crippen LogP contribution in [0.25, 0.3) is 10.9 Å². The van der Waals surface area contributed by atoms with Crippen molar-refractivity contribution in [1.82, 2.24) is 9.55 Å². The first-order valence-electron chi connectivity index (χ1n) is 12.2. The van der Waals surface area contributed by atoms with Gasteiger partial charge in [-0.3, -0.25) is 14.2 Å². The van der Waals surface area contributed by atoms with E-state index < -0.39 is 0 Å². The number of carbonyl (C=O) groups excluding carboxylic acids is 1. The molecule has 7 heteroatoms. The number of fused-ring (bicyclic) bond motifs is 1. The zero-order valence-electron chi connectivity index (χ0n) is 20.6. The molecule has 0 amide bonds. The third-order valence-corrected chi connectivity index (χ3v) is 5.75. The number of rotatable bonds is 11. The quantitative estimate of drug-likeness (QED) is 0.267. The first-order chi connectivity index (χ1) is 17.6. The van der Waals surface area contributed by atoms with Crippen LogP contribution in [0.4, 0.5) is 0 Å². The van der Waals surface area contributed by atoms with Crippen molar-refractivity contribution in [1.29, 1.82) is 0 Å². The van der Waals surface area contributed by atoms with E-state index in [2.05, 4.69) is 4.98 Å². The van der Waals surface area contributed by atoms with Crippen molar-refractivity contribution in [3.05, 3.63) is 94.5 Å². The maximum Gasteiger partial charge on any atom is 0.306 e. The monoisotopic (exact) mass is 486 g/mol. The molecular weight excluding hydrogens is 456 g/mol. The van der Waals surface area contributed by atoms with Crippen molar-refractivity contribution >= 4 is 16.9 Å². The number of hydrogen-bond donors (Lipinski definition) is 0. The standard InChI is InChI=1S/C29H30N2O5/c1-3-27-30-25-13-9-8-12-24(25)29(33)31(27)18-19-35-23-16-14-21(15-17-28(32)34-4-2)26(20-23)36-22-10-6-5-7-11-22/h5-14,16,20H,3-4,15,17-19H2,1-2H3. The minimum atomic E-state index is -0.246. The number of aromatic nitrogens is 2. The Kier molecular flexibility index (Phi) is 8.34. The highest BCUT2D eigenvalue weighted by Crippen LogP contribution is 2.30. The second kappa shape index (κ2) is 12.0. The van der Waals surface area contributed by atoms with Gasteiger partial charge in [0, 0.05) is 18.9 Å². The Labute approximate surface area is 210 Å². The lowest BCUT2D eigenvalue weighted by molar-refractivity contribution is -0.143. The molecule has 0 aliphatic rings. The van der Waals surface area contributed by atoms with Gasteiger partial charge in [0.1, 0.15) is 29.7 Å². The fourth-order valence-electron chi connectivity index (χ4n) is 3.98. The fourth-order valence-corrected chi connectivity index (χ4v) is 3.98. The van der Waals surface area contributed by atoms with Crippen LogP contribution >= 0.6 is 0 Å². The van der Waals surface area contributed by atoms with Crippen LogP contribution in [-0.2, 0) is 28.9 Å². The fraction of sp³-hybridized carbons (Fsp3) is 0.276. The average Bonchev–Trinajstić information content (AvgIpc) is 2.90. The molecule has 0 fully saturated rings. The van der Waals surface area contributed by atoms with Gasteiger partial charge < -0.3 is 14.2 Å². The number of hydrogen-bond acceptors (Lipinski definition) is 6. The lowest BCUT2D eigenvalue weighted by atomic mass is 10.1. The van der Waals surface area contributed by atoms with Crippen molar-refractivity contribution < 1.29 is 19.0 Å². The van der Waals surface area contributed by atoms with E-state index in [1.807, 2.05) is 73.7 Å². The molecule has 0 atom stereocenters. The summed E-state index contributed by atoms with van der Waals surface area (Å²) in [5.74, 6) is 2.39. The van der Waals surface area contributed by atoms with Gasteiger partial charge >= 0.3 is 5.97 Å². The van der Waals surface area contributed by atoms with Gasteiger partial charge in [-0.25, -0.2) is 4.98 Å². The molecule has 0 saturated carbocycles. The molecule has 0 saturated heterocycles. The Morgan fingerprint density at radius 3 is 2.50 bits per heavy atom. The third kappa shape index (κ3) is 6.10. The van der Waals surface area contributed by atoms with Gasteiger partial charge in [0.25, 0.3) is 5.56 Å².